The number of benzene rings is 3. The summed E-state index contributed by atoms with van der Waals surface area (Å²) < 4.78 is 13.6. The fraction of sp³-hybridized carbons (Fsp3) is 0.154. The Bertz CT molecular complexity index is 1310. The van der Waals surface area contributed by atoms with Crippen LogP contribution < -0.4 is 9.47 Å². The van der Waals surface area contributed by atoms with Gasteiger partial charge in [-0.05, 0) is 36.8 Å². The van der Waals surface area contributed by atoms with Crippen LogP contribution in [0.15, 0.2) is 66.7 Å². The van der Waals surface area contributed by atoms with Crippen molar-refractivity contribution in [3.8, 4) is 17.6 Å². The van der Waals surface area contributed by atoms with Crippen molar-refractivity contribution in [1.29, 1.82) is 5.26 Å². The molecule has 1 heterocycles. The van der Waals surface area contributed by atoms with Gasteiger partial charge in [-0.3, -0.25) is 0 Å². The summed E-state index contributed by atoms with van der Waals surface area (Å²) in [6.07, 6.45) is 1.80. The van der Waals surface area contributed by atoms with Crippen LogP contribution in [0.25, 0.3) is 22.7 Å². The maximum atomic E-state index is 9.90. The molecule has 0 bridgehead atoms. The molecule has 0 atom stereocenters. The molecule has 5 heteroatoms. The number of aryl methyl sites for hydroxylation is 2. The number of imidazole rings is 1. The Kier molecular flexibility index (Phi) is 5.72. The predicted molar refractivity (Wildman–Crippen MR) is 123 cm³/mol. The third-order valence-electron chi connectivity index (χ3n) is 5.14. The van der Waals surface area contributed by atoms with Gasteiger partial charge in [0.05, 0.1) is 23.7 Å². The van der Waals surface area contributed by atoms with Crippen molar-refractivity contribution in [2.24, 2.45) is 7.05 Å². The van der Waals surface area contributed by atoms with E-state index in [2.05, 4.69) is 30.1 Å². The largest absolute Gasteiger partial charge is 0.493 e. The third-order valence-corrected chi connectivity index (χ3v) is 5.14. The molecule has 3 aromatic carbocycles. The maximum absolute atomic E-state index is 9.90. The fourth-order valence-electron chi connectivity index (χ4n) is 3.61. The highest BCUT2D eigenvalue weighted by Crippen LogP contribution is 2.34. The van der Waals surface area contributed by atoms with Gasteiger partial charge in [-0.2, -0.15) is 5.26 Å². The third kappa shape index (κ3) is 4.15. The van der Waals surface area contributed by atoms with Crippen LogP contribution in [0.4, 0.5) is 0 Å². The van der Waals surface area contributed by atoms with Gasteiger partial charge in [0.2, 0.25) is 0 Å². The summed E-state index contributed by atoms with van der Waals surface area (Å²) in [5, 5.41) is 9.90. The van der Waals surface area contributed by atoms with Crippen molar-refractivity contribution >= 4 is 22.7 Å². The molecule has 0 spiro atoms. The molecule has 5 nitrogen and oxygen atoms in total. The summed E-state index contributed by atoms with van der Waals surface area (Å²) in [5.41, 5.74) is 5.28. The molecule has 0 aliphatic rings. The van der Waals surface area contributed by atoms with Gasteiger partial charge >= 0.3 is 0 Å². The molecular weight excluding hydrogens is 386 g/mol. The molecule has 0 fully saturated rings. The van der Waals surface area contributed by atoms with E-state index in [9.17, 15) is 5.26 Å². The lowest BCUT2D eigenvalue weighted by Gasteiger charge is -2.14. The normalized spacial score (nSPS) is 11.4. The molecule has 154 valence electrons. The topological polar surface area (TPSA) is 60.1 Å². The Morgan fingerprint density at radius 1 is 1.10 bits per heavy atom. The zero-order valence-electron chi connectivity index (χ0n) is 17.8. The molecule has 0 saturated heterocycles. The van der Waals surface area contributed by atoms with Gasteiger partial charge in [-0.15, -0.1) is 0 Å². The average Bonchev–Trinajstić information content (AvgIpc) is 3.12. The minimum atomic E-state index is 0.400. The summed E-state index contributed by atoms with van der Waals surface area (Å²) in [7, 11) is 3.52. The van der Waals surface area contributed by atoms with Crippen LogP contribution in [0.2, 0.25) is 0 Å². The van der Waals surface area contributed by atoms with Crippen molar-refractivity contribution in [3.05, 3.63) is 89.2 Å². The van der Waals surface area contributed by atoms with Crippen LogP contribution in [0.5, 0.6) is 11.5 Å². The molecule has 31 heavy (non-hydrogen) atoms. The van der Waals surface area contributed by atoms with Crippen molar-refractivity contribution in [3.63, 3.8) is 0 Å². The summed E-state index contributed by atoms with van der Waals surface area (Å²) in [5.74, 6) is 1.82. The lowest BCUT2D eigenvalue weighted by atomic mass is 10.1. The Morgan fingerprint density at radius 2 is 1.90 bits per heavy atom. The van der Waals surface area contributed by atoms with E-state index in [1.54, 1.807) is 13.2 Å². The molecule has 0 radical (unpaired) electrons. The van der Waals surface area contributed by atoms with E-state index in [0.717, 1.165) is 22.2 Å². The van der Waals surface area contributed by atoms with Crippen LogP contribution in [-0.2, 0) is 13.7 Å². The fourth-order valence-corrected chi connectivity index (χ4v) is 3.61. The summed E-state index contributed by atoms with van der Waals surface area (Å²) >= 11 is 0. The molecule has 1 aromatic heterocycles. The smallest absolute Gasteiger partial charge is 0.168 e. The Hall–Kier alpha value is -4.04. The highest BCUT2D eigenvalue weighted by Gasteiger charge is 2.15. The van der Waals surface area contributed by atoms with E-state index in [4.69, 9.17) is 9.47 Å². The van der Waals surface area contributed by atoms with Gasteiger partial charge < -0.3 is 14.0 Å². The average molecular weight is 409 g/mol. The van der Waals surface area contributed by atoms with E-state index < -0.39 is 0 Å². The maximum Gasteiger partial charge on any atom is 0.168 e. The molecule has 4 rings (SSSR count). The quantitative estimate of drug-likeness (QED) is 0.393. The van der Waals surface area contributed by atoms with Gasteiger partial charge in [-0.1, -0.05) is 54.1 Å². The first kappa shape index (κ1) is 20.2. The first-order chi connectivity index (χ1) is 15.1. The molecule has 0 aliphatic heterocycles. The van der Waals surface area contributed by atoms with E-state index in [-0.39, 0.29) is 0 Å². The van der Waals surface area contributed by atoms with E-state index in [0.29, 0.717) is 29.5 Å². The number of aromatic nitrogens is 2. The Balaban J connectivity index is 1.74. The number of hydrogen-bond donors (Lipinski definition) is 0. The lowest BCUT2D eigenvalue weighted by Crippen LogP contribution is -2.00. The van der Waals surface area contributed by atoms with E-state index in [1.165, 1.54) is 5.56 Å². The lowest BCUT2D eigenvalue weighted by molar-refractivity contribution is 0.284. The molecule has 0 aliphatic carbocycles. The number of rotatable bonds is 6. The second-order valence-corrected chi connectivity index (χ2v) is 7.31. The SMILES string of the molecule is COc1cccc(/C=C(/C#N)c2nc3ccccc3n2C)c1OCc1cccc(C)c1. The number of nitriles is 1. The monoisotopic (exact) mass is 409 g/mol. The van der Waals surface area contributed by atoms with Crippen LogP contribution >= 0.6 is 0 Å². The standard InChI is InChI=1S/C26H23N3O2/c1-18-8-6-9-19(14-18)17-31-25-20(10-7-13-24(25)30-3)15-21(16-27)26-28-22-11-4-5-12-23(22)29(26)2/h4-15H,17H2,1-3H3/b21-15-. The van der Waals surface area contributed by atoms with Gasteiger partial charge in [0.25, 0.3) is 0 Å². The van der Waals surface area contributed by atoms with E-state index >= 15 is 0 Å². The minimum Gasteiger partial charge on any atom is -0.493 e. The molecule has 0 unspecified atom stereocenters. The number of ether oxygens (including phenoxy) is 2. The zero-order chi connectivity index (χ0) is 21.8. The van der Waals surface area contributed by atoms with Crippen molar-refractivity contribution < 1.29 is 9.47 Å². The van der Waals surface area contributed by atoms with E-state index in [1.807, 2.05) is 66.2 Å². The highest BCUT2D eigenvalue weighted by molar-refractivity contribution is 5.92. The highest BCUT2D eigenvalue weighted by atomic mass is 16.5. The molecule has 0 N–H and O–H groups in total. The van der Waals surface area contributed by atoms with Gasteiger partial charge in [0, 0.05) is 12.6 Å². The Labute approximate surface area is 181 Å². The number of allylic oxidation sites excluding steroid dienone is 1. The molecule has 4 aromatic rings. The minimum absolute atomic E-state index is 0.400. The van der Waals surface area contributed by atoms with Crippen LogP contribution in [-0.4, -0.2) is 16.7 Å². The summed E-state index contributed by atoms with van der Waals surface area (Å²) in [4.78, 5) is 4.66. The first-order valence-electron chi connectivity index (χ1n) is 9.99. The zero-order valence-corrected chi connectivity index (χ0v) is 17.8. The van der Waals surface area contributed by atoms with Gasteiger partial charge in [-0.25, -0.2) is 4.98 Å². The number of hydrogen-bond acceptors (Lipinski definition) is 4. The van der Waals surface area contributed by atoms with Gasteiger partial charge in [0.1, 0.15) is 12.7 Å². The Morgan fingerprint density at radius 3 is 2.65 bits per heavy atom. The number of para-hydroxylation sites is 3. The predicted octanol–water partition coefficient (Wildman–Crippen LogP) is 5.53. The van der Waals surface area contributed by atoms with Crippen molar-refractivity contribution in [2.75, 3.05) is 7.11 Å². The van der Waals surface area contributed by atoms with Crippen LogP contribution in [0.3, 0.4) is 0 Å². The second kappa shape index (κ2) is 8.76. The molecular formula is C26H23N3O2. The number of nitrogens with zero attached hydrogens (tertiary/aromatic N) is 3. The summed E-state index contributed by atoms with van der Waals surface area (Å²) in [6, 6.07) is 23.9. The summed E-state index contributed by atoms with van der Waals surface area (Å²) in [6.45, 7) is 2.45. The molecule has 0 amide bonds. The first-order valence-corrected chi connectivity index (χ1v) is 9.99. The van der Waals surface area contributed by atoms with Crippen LogP contribution in [0, 0.1) is 18.3 Å². The molecule has 0 saturated carbocycles. The van der Waals surface area contributed by atoms with Crippen molar-refractivity contribution in [2.45, 2.75) is 13.5 Å². The van der Waals surface area contributed by atoms with Crippen LogP contribution in [0.1, 0.15) is 22.5 Å². The van der Waals surface area contributed by atoms with Crippen molar-refractivity contribution in [1.82, 2.24) is 9.55 Å². The number of fused-ring (bicyclic) bond motifs is 1. The number of methoxy groups -OCH3 is 1. The second-order valence-electron chi connectivity index (χ2n) is 7.31. The van der Waals surface area contributed by atoms with Gasteiger partial charge in [0.15, 0.2) is 17.3 Å².